The summed E-state index contributed by atoms with van der Waals surface area (Å²) in [5.74, 6) is -0.231. The zero-order valence-electron chi connectivity index (χ0n) is 23.6. The Kier molecular flexibility index (Phi) is 19.8. The Morgan fingerprint density at radius 1 is 0.878 bits per heavy atom. The fourth-order valence-corrected chi connectivity index (χ4v) is 4.19. The Morgan fingerprint density at radius 3 is 1.98 bits per heavy atom. The lowest BCUT2D eigenvalue weighted by Gasteiger charge is -2.26. The Morgan fingerprint density at radius 2 is 1.44 bits per heavy atom. The van der Waals surface area contributed by atoms with Crippen molar-refractivity contribution in [2.75, 3.05) is 19.5 Å². The van der Waals surface area contributed by atoms with Crippen molar-refractivity contribution in [2.24, 2.45) is 0 Å². The lowest BCUT2D eigenvalue weighted by molar-refractivity contribution is -0.384. The molecular formula is C31H42N2O7S. The number of carbonyl (C=O) groups is 2. The molecule has 0 saturated heterocycles. The van der Waals surface area contributed by atoms with Crippen LogP contribution in [0.15, 0.2) is 89.8 Å². The number of esters is 1. The fraction of sp³-hybridized carbons (Fsp3) is 0.355. The molecular weight excluding hydrogens is 544 g/mol. The maximum absolute atomic E-state index is 12.5. The molecule has 0 aliphatic rings. The van der Waals surface area contributed by atoms with E-state index < -0.39 is 29.1 Å². The molecule has 0 saturated carbocycles. The first-order valence-electron chi connectivity index (χ1n) is 13.1. The minimum atomic E-state index is -0.674. The van der Waals surface area contributed by atoms with Crippen LogP contribution < -0.4 is 5.32 Å². The molecule has 0 heterocycles. The number of thioether (sulfide) groups is 1. The van der Waals surface area contributed by atoms with Gasteiger partial charge < -0.3 is 19.5 Å². The normalized spacial score (nSPS) is 11.0. The van der Waals surface area contributed by atoms with Gasteiger partial charge in [-0.25, -0.2) is 9.59 Å². The van der Waals surface area contributed by atoms with Crippen molar-refractivity contribution in [3.8, 4) is 0 Å². The van der Waals surface area contributed by atoms with Gasteiger partial charge in [-0.2, -0.15) is 0 Å². The molecule has 9 nitrogen and oxygen atoms in total. The predicted molar refractivity (Wildman–Crippen MR) is 164 cm³/mol. The number of nitrogens with zero attached hydrogens (tertiary/aromatic N) is 1. The van der Waals surface area contributed by atoms with E-state index >= 15 is 0 Å². The molecule has 2 atom stereocenters. The Balaban J connectivity index is 0.00000306. The highest BCUT2D eigenvalue weighted by Crippen LogP contribution is 2.20. The molecule has 0 bridgehead atoms. The molecule has 0 fully saturated rings. The van der Waals surface area contributed by atoms with Crippen molar-refractivity contribution >= 4 is 29.5 Å². The van der Waals surface area contributed by atoms with Gasteiger partial charge in [-0.15, -0.1) is 11.8 Å². The van der Waals surface area contributed by atoms with Crippen molar-refractivity contribution < 1.29 is 28.7 Å². The number of alkyl carbamates (subject to hydrolysis) is 1. The number of rotatable bonds is 12. The second-order valence-corrected chi connectivity index (χ2v) is 8.71. The number of nitro groups is 1. The number of hydrogen-bond donors (Lipinski definition) is 1. The Hall–Kier alpha value is -3.89. The molecule has 1 amide bonds. The summed E-state index contributed by atoms with van der Waals surface area (Å²) in [6.45, 7) is 7.96. The van der Waals surface area contributed by atoms with Gasteiger partial charge in [0.25, 0.3) is 5.69 Å². The minimum Gasteiger partial charge on any atom is -0.459 e. The number of benzene rings is 3. The van der Waals surface area contributed by atoms with Gasteiger partial charge in [-0.1, -0.05) is 83.7 Å². The molecule has 0 radical (unpaired) electrons. The van der Waals surface area contributed by atoms with Crippen molar-refractivity contribution in [3.63, 3.8) is 0 Å². The van der Waals surface area contributed by atoms with Gasteiger partial charge in [0.2, 0.25) is 0 Å². The average Bonchev–Trinajstić information content (AvgIpc) is 3.01. The van der Waals surface area contributed by atoms with Crippen molar-refractivity contribution in [3.05, 3.63) is 106 Å². The number of nitrogens with one attached hydrogen (secondary N) is 1. The first-order valence-corrected chi connectivity index (χ1v) is 14.0. The molecule has 41 heavy (non-hydrogen) atoms. The van der Waals surface area contributed by atoms with Gasteiger partial charge in [0.1, 0.15) is 19.3 Å². The van der Waals surface area contributed by atoms with E-state index in [0.717, 1.165) is 10.5 Å². The van der Waals surface area contributed by atoms with Crippen LogP contribution in [0.4, 0.5) is 10.5 Å². The van der Waals surface area contributed by atoms with Gasteiger partial charge in [0.15, 0.2) is 0 Å². The molecule has 0 aliphatic heterocycles. The summed E-state index contributed by atoms with van der Waals surface area (Å²) in [6, 6.07) is 23.5. The van der Waals surface area contributed by atoms with E-state index in [9.17, 15) is 19.7 Å². The van der Waals surface area contributed by atoms with Gasteiger partial charge >= 0.3 is 12.1 Å². The summed E-state index contributed by atoms with van der Waals surface area (Å²) in [4.78, 5) is 36.3. The van der Waals surface area contributed by atoms with Crippen LogP contribution in [0.5, 0.6) is 0 Å². The molecule has 224 valence electrons. The van der Waals surface area contributed by atoms with Gasteiger partial charge in [0, 0.05) is 29.9 Å². The number of hydrogen-bond acceptors (Lipinski definition) is 8. The summed E-state index contributed by atoms with van der Waals surface area (Å²) in [6.07, 6.45) is -1.30. The van der Waals surface area contributed by atoms with Crippen LogP contribution >= 0.6 is 11.8 Å². The monoisotopic (exact) mass is 586 g/mol. The van der Waals surface area contributed by atoms with Crippen LogP contribution in [0.2, 0.25) is 0 Å². The predicted octanol–water partition coefficient (Wildman–Crippen LogP) is 7.54. The molecule has 10 heteroatoms. The Labute approximate surface area is 247 Å². The topological polar surface area (TPSA) is 117 Å². The number of nitro benzene ring substituents is 1. The number of amides is 1. The molecule has 0 aliphatic carbocycles. The largest absolute Gasteiger partial charge is 0.459 e. The molecule has 3 aromatic rings. The maximum atomic E-state index is 12.5. The van der Waals surface area contributed by atoms with Crippen LogP contribution in [0.1, 0.15) is 51.0 Å². The van der Waals surface area contributed by atoms with E-state index in [1.807, 2.05) is 88.4 Å². The molecule has 0 spiro atoms. The van der Waals surface area contributed by atoms with E-state index in [4.69, 9.17) is 14.2 Å². The van der Waals surface area contributed by atoms with E-state index in [2.05, 4.69) is 5.32 Å². The summed E-state index contributed by atoms with van der Waals surface area (Å²) in [7, 11) is 1.46. The zero-order valence-corrected chi connectivity index (χ0v) is 24.4. The molecule has 1 N–H and O–H groups in total. The number of non-ortho nitro benzene ring substituents is 1. The molecule has 2 unspecified atom stereocenters. The van der Waals surface area contributed by atoms with Crippen LogP contribution in [-0.4, -0.2) is 48.6 Å². The van der Waals surface area contributed by atoms with E-state index in [0.29, 0.717) is 5.75 Å². The highest BCUT2D eigenvalue weighted by molar-refractivity contribution is 7.99. The minimum absolute atomic E-state index is 0. The number of methoxy groups -OCH3 is 1. The summed E-state index contributed by atoms with van der Waals surface area (Å²) < 4.78 is 16.3. The van der Waals surface area contributed by atoms with Gasteiger partial charge in [-0.3, -0.25) is 10.1 Å². The van der Waals surface area contributed by atoms with Crippen LogP contribution in [0, 0.1) is 10.1 Å². The van der Waals surface area contributed by atoms with Crippen LogP contribution in [0.3, 0.4) is 0 Å². The van der Waals surface area contributed by atoms with Gasteiger partial charge in [-0.05, 0) is 29.8 Å². The first-order chi connectivity index (χ1) is 19.5. The quantitative estimate of drug-likeness (QED) is 0.100. The van der Waals surface area contributed by atoms with Crippen LogP contribution in [0.25, 0.3) is 0 Å². The lowest BCUT2D eigenvalue weighted by atomic mass is 10.2. The van der Waals surface area contributed by atoms with Gasteiger partial charge in [0.05, 0.1) is 16.5 Å². The highest BCUT2D eigenvalue weighted by atomic mass is 32.2. The molecule has 0 aromatic heterocycles. The van der Waals surface area contributed by atoms with Crippen molar-refractivity contribution in [2.45, 2.75) is 58.8 Å². The smallest absolute Gasteiger partial charge is 0.407 e. The van der Waals surface area contributed by atoms with E-state index in [-0.39, 0.29) is 31.9 Å². The molecule has 3 rings (SSSR count). The summed E-state index contributed by atoms with van der Waals surface area (Å²) in [5.41, 5.74) is 0.890. The zero-order chi connectivity index (χ0) is 29.8. The third-order valence-corrected chi connectivity index (χ3v) is 6.26. The first kappa shape index (κ1) is 37.1. The Bertz CT molecular complexity index is 1130. The van der Waals surface area contributed by atoms with Crippen molar-refractivity contribution in [1.82, 2.24) is 5.32 Å². The number of ether oxygens (including phenoxy) is 3. The second-order valence-electron chi connectivity index (χ2n) is 7.61. The average molecular weight is 587 g/mol. The lowest BCUT2D eigenvalue weighted by Crippen LogP contribution is -2.48. The van der Waals surface area contributed by atoms with Crippen molar-refractivity contribution in [1.29, 1.82) is 0 Å². The second kappa shape index (κ2) is 21.9. The van der Waals surface area contributed by atoms with E-state index in [1.54, 1.807) is 0 Å². The number of carbonyl (C=O) groups excluding carboxylic acids is 2. The highest BCUT2D eigenvalue weighted by Gasteiger charge is 2.26. The fourth-order valence-electron chi connectivity index (χ4n) is 3.17. The SMILES string of the molecule is C.CC.CC.COC(COC(=O)c1ccc([N+](=O)[O-])cc1)C(CSc1ccccc1)NC(=O)OCc1ccccc1. The standard InChI is InChI=1S/C26H26N2O7S.2C2H6.CH4/c1-33-24(17-34-25(29)20-12-14-21(15-13-20)28(31)32)23(18-36-22-10-6-3-7-11-22)27-26(30)35-16-19-8-4-2-5-9-19;2*1-2;/h2-15,23-24H,16-18H2,1H3,(H,27,30);2*1-2H3;1H4. The van der Waals surface area contributed by atoms with Crippen LogP contribution in [-0.2, 0) is 20.8 Å². The molecule has 3 aromatic carbocycles. The third kappa shape index (κ3) is 13.8. The van der Waals surface area contributed by atoms with E-state index in [1.165, 1.54) is 43.1 Å². The third-order valence-electron chi connectivity index (χ3n) is 5.13. The maximum Gasteiger partial charge on any atom is 0.407 e. The summed E-state index contributed by atoms with van der Waals surface area (Å²) >= 11 is 1.51. The summed E-state index contributed by atoms with van der Waals surface area (Å²) in [5, 5.41) is 13.6.